The van der Waals surface area contributed by atoms with Crippen LogP contribution in [0.15, 0.2) is 30.5 Å². The highest BCUT2D eigenvalue weighted by Crippen LogP contribution is 2.30. The van der Waals surface area contributed by atoms with E-state index in [9.17, 15) is 8.42 Å². The predicted molar refractivity (Wildman–Crippen MR) is 122 cm³/mol. The minimum absolute atomic E-state index is 0.101. The number of nitrogens with one attached hydrogen (secondary N) is 2. The Labute approximate surface area is 181 Å². The monoisotopic (exact) mass is 438 g/mol. The van der Waals surface area contributed by atoms with Crippen molar-refractivity contribution in [1.29, 1.82) is 0 Å². The molecule has 1 fully saturated rings. The topological polar surface area (TPSA) is 123 Å². The van der Waals surface area contributed by atoms with Gasteiger partial charge in [-0.15, -0.1) is 0 Å². The van der Waals surface area contributed by atoms with E-state index >= 15 is 0 Å². The first-order valence-electron chi connectivity index (χ1n) is 10.7. The summed E-state index contributed by atoms with van der Waals surface area (Å²) >= 11 is 0. The number of nitrogens with two attached hydrogens (primary N) is 1. The van der Waals surface area contributed by atoms with Crippen LogP contribution >= 0.6 is 0 Å². The molecule has 5 rings (SSSR count). The fourth-order valence-corrected chi connectivity index (χ4v) is 5.49. The highest BCUT2D eigenvalue weighted by molar-refractivity contribution is 7.92. The van der Waals surface area contributed by atoms with Gasteiger partial charge in [0.1, 0.15) is 5.52 Å². The predicted octanol–water partition coefficient (Wildman–Crippen LogP) is 2.98. The fourth-order valence-electron chi connectivity index (χ4n) is 4.37. The summed E-state index contributed by atoms with van der Waals surface area (Å²) in [7, 11) is -3.22. The number of hydrogen-bond acceptors (Lipinski definition) is 7. The van der Waals surface area contributed by atoms with Gasteiger partial charge in [0.25, 0.3) is 0 Å². The van der Waals surface area contributed by atoms with Crippen molar-refractivity contribution in [2.45, 2.75) is 51.1 Å². The van der Waals surface area contributed by atoms with Crippen molar-refractivity contribution in [3.63, 3.8) is 0 Å². The van der Waals surface area contributed by atoms with Crippen LogP contribution in [-0.2, 0) is 16.4 Å². The zero-order valence-electron chi connectivity index (χ0n) is 17.4. The summed E-state index contributed by atoms with van der Waals surface area (Å²) < 4.78 is 26.2. The Morgan fingerprint density at radius 2 is 1.94 bits per heavy atom. The lowest BCUT2D eigenvalue weighted by molar-refractivity contribution is 0.410. The number of rotatable bonds is 3. The molecule has 0 saturated heterocycles. The molecule has 2 aliphatic rings. The van der Waals surface area contributed by atoms with Crippen LogP contribution < -0.4 is 15.8 Å². The van der Waals surface area contributed by atoms with Gasteiger partial charge in [0.15, 0.2) is 0 Å². The quantitative estimate of drug-likeness (QED) is 0.574. The third-order valence-corrected chi connectivity index (χ3v) is 7.42. The summed E-state index contributed by atoms with van der Waals surface area (Å²) in [5.74, 6) is 0.733. The number of nitrogens with zero attached hydrogens (tertiary/aromatic N) is 3. The zero-order valence-corrected chi connectivity index (χ0v) is 18.2. The molecule has 0 amide bonds. The number of sulfonamides is 1. The number of fused-ring (bicyclic) bond motifs is 2. The van der Waals surface area contributed by atoms with Gasteiger partial charge in [0, 0.05) is 17.6 Å². The average Bonchev–Trinajstić information content (AvgIpc) is 2.75. The van der Waals surface area contributed by atoms with Crippen molar-refractivity contribution in [2.75, 3.05) is 15.8 Å². The molecule has 3 heterocycles. The minimum Gasteiger partial charge on any atom is -0.351 e. The molecule has 8 nitrogen and oxygen atoms in total. The molecule has 0 spiro atoms. The van der Waals surface area contributed by atoms with Gasteiger partial charge in [0.2, 0.25) is 16.0 Å². The molecule has 0 atom stereocenters. The number of aryl methyl sites for hydroxylation is 2. The third kappa shape index (κ3) is 4.20. The molecule has 2 aromatic heterocycles. The number of pyridine rings is 1. The molecule has 31 heavy (non-hydrogen) atoms. The summed E-state index contributed by atoms with van der Waals surface area (Å²) in [6.07, 6.45) is 6.38. The molecule has 4 N–H and O–H groups in total. The third-order valence-electron chi connectivity index (χ3n) is 6.15. The second-order valence-corrected chi connectivity index (χ2v) is 10.4. The first kappa shape index (κ1) is 20.1. The van der Waals surface area contributed by atoms with E-state index < -0.39 is 10.0 Å². The van der Waals surface area contributed by atoms with Crippen LogP contribution in [0.1, 0.15) is 36.8 Å². The van der Waals surface area contributed by atoms with Gasteiger partial charge in [-0.05, 0) is 68.4 Å². The second kappa shape index (κ2) is 7.72. The number of benzene rings is 1. The number of anilines is 2. The number of hydrogen-bond donors (Lipinski definition) is 3. The molecule has 0 unspecified atom stereocenters. The van der Waals surface area contributed by atoms with E-state index in [0.717, 1.165) is 59.1 Å². The van der Waals surface area contributed by atoms with Gasteiger partial charge in [-0.1, -0.05) is 6.07 Å². The maximum Gasteiger partial charge on any atom is 0.233 e. The highest BCUT2D eigenvalue weighted by Gasteiger charge is 2.21. The molecule has 0 radical (unpaired) electrons. The highest BCUT2D eigenvalue weighted by atomic mass is 32.2. The largest absolute Gasteiger partial charge is 0.351 e. The Kier molecular flexibility index (Phi) is 5.02. The van der Waals surface area contributed by atoms with Gasteiger partial charge >= 0.3 is 0 Å². The molecule has 3 aromatic rings. The summed E-state index contributed by atoms with van der Waals surface area (Å²) in [5, 5.41) is 3.45. The lowest BCUT2D eigenvalue weighted by Crippen LogP contribution is -2.33. The standard InChI is InChI=1S/C22H26N6O2S/c1-13-10-19(14-2-7-18-15(11-14)8-9-31(29,30)28-18)26-20-12-24-22(27-21(13)20)25-17-5-3-16(23)4-6-17/h2,7,10-12,16-17,28H,3-6,8-9,23H2,1H3,(H,24,25,27). The van der Waals surface area contributed by atoms with Crippen molar-refractivity contribution >= 4 is 32.7 Å². The Morgan fingerprint density at radius 3 is 2.74 bits per heavy atom. The zero-order chi connectivity index (χ0) is 21.6. The van der Waals surface area contributed by atoms with Gasteiger partial charge in [-0.25, -0.2) is 23.4 Å². The molecule has 1 aliphatic carbocycles. The Bertz CT molecular complexity index is 1250. The number of aromatic nitrogens is 3. The van der Waals surface area contributed by atoms with Gasteiger partial charge < -0.3 is 11.1 Å². The van der Waals surface area contributed by atoms with Crippen LogP contribution in [0.2, 0.25) is 0 Å². The first-order valence-corrected chi connectivity index (χ1v) is 12.3. The maximum absolute atomic E-state index is 11.8. The molecule has 162 valence electrons. The van der Waals surface area contributed by atoms with Crippen LogP contribution in [0.5, 0.6) is 0 Å². The van der Waals surface area contributed by atoms with E-state index in [1.165, 1.54) is 0 Å². The van der Waals surface area contributed by atoms with Crippen LogP contribution in [0.4, 0.5) is 11.6 Å². The summed E-state index contributed by atoms with van der Waals surface area (Å²) in [6.45, 7) is 2.02. The van der Waals surface area contributed by atoms with Crippen molar-refractivity contribution in [3.05, 3.63) is 41.6 Å². The SMILES string of the molecule is Cc1cc(-c2ccc3c(c2)CCS(=O)(=O)N3)nc2cnc(NC3CCC(N)CC3)nc12. The van der Waals surface area contributed by atoms with Crippen molar-refractivity contribution in [3.8, 4) is 11.3 Å². The van der Waals surface area contributed by atoms with Crippen molar-refractivity contribution in [2.24, 2.45) is 5.73 Å². The average molecular weight is 439 g/mol. The second-order valence-electron chi connectivity index (χ2n) is 8.55. The van der Waals surface area contributed by atoms with Crippen molar-refractivity contribution in [1.82, 2.24) is 15.0 Å². The molecule has 1 aromatic carbocycles. The van der Waals surface area contributed by atoms with E-state index in [4.69, 9.17) is 15.7 Å². The van der Waals surface area contributed by atoms with E-state index in [0.29, 0.717) is 30.1 Å². The Morgan fingerprint density at radius 1 is 1.13 bits per heavy atom. The van der Waals surface area contributed by atoms with Crippen LogP contribution in [-0.4, -0.2) is 41.2 Å². The summed E-state index contributed by atoms with van der Waals surface area (Å²) in [5.41, 5.74) is 12.0. The maximum atomic E-state index is 11.8. The molecular weight excluding hydrogens is 412 g/mol. The lowest BCUT2D eigenvalue weighted by Gasteiger charge is -2.26. The molecular formula is C22H26N6O2S. The van der Waals surface area contributed by atoms with Crippen molar-refractivity contribution < 1.29 is 8.42 Å². The Hall–Kier alpha value is -2.78. The molecule has 0 bridgehead atoms. The summed E-state index contributed by atoms with van der Waals surface area (Å²) in [4.78, 5) is 14.0. The first-order chi connectivity index (χ1) is 14.9. The van der Waals surface area contributed by atoms with Crippen LogP contribution in [0.3, 0.4) is 0 Å². The minimum atomic E-state index is -3.22. The van der Waals surface area contributed by atoms with E-state index in [1.807, 2.05) is 31.2 Å². The lowest BCUT2D eigenvalue weighted by atomic mass is 9.92. The summed E-state index contributed by atoms with van der Waals surface area (Å²) in [6, 6.07) is 8.40. The Balaban J connectivity index is 1.42. The van der Waals surface area contributed by atoms with E-state index in [-0.39, 0.29) is 5.75 Å². The van der Waals surface area contributed by atoms with E-state index in [2.05, 4.69) is 15.0 Å². The molecule has 1 saturated carbocycles. The van der Waals surface area contributed by atoms with Crippen LogP contribution in [0.25, 0.3) is 22.3 Å². The fraction of sp³-hybridized carbons (Fsp3) is 0.409. The van der Waals surface area contributed by atoms with Gasteiger partial charge in [-0.2, -0.15) is 0 Å². The van der Waals surface area contributed by atoms with E-state index in [1.54, 1.807) is 6.20 Å². The smallest absolute Gasteiger partial charge is 0.233 e. The molecule has 9 heteroatoms. The van der Waals surface area contributed by atoms with Gasteiger partial charge in [0.05, 0.1) is 28.8 Å². The van der Waals surface area contributed by atoms with Gasteiger partial charge in [-0.3, -0.25) is 4.72 Å². The normalized spacial score (nSPS) is 22.5. The van der Waals surface area contributed by atoms with Crippen LogP contribution in [0, 0.1) is 6.92 Å². The molecule has 1 aliphatic heterocycles.